The Balaban J connectivity index is 1.50. The molecule has 1 aliphatic heterocycles. The van der Waals surface area contributed by atoms with Gasteiger partial charge in [-0.2, -0.15) is 0 Å². The van der Waals surface area contributed by atoms with Crippen molar-refractivity contribution in [2.75, 3.05) is 39.3 Å². The van der Waals surface area contributed by atoms with Crippen LogP contribution in [0.15, 0.2) is 70.4 Å². The highest BCUT2D eigenvalue weighted by atomic mass is 16.7. The molecule has 1 saturated heterocycles. The fourth-order valence-electron chi connectivity index (χ4n) is 4.51. The van der Waals surface area contributed by atoms with Crippen LogP contribution in [0.4, 0.5) is 5.69 Å². The lowest BCUT2D eigenvalue weighted by Gasteiger charge is -2.36. The number of aromatic nitrogens is 2. The molecule has 2 aromatic carbocycles. The fourth-order valence-corrected chi connectivity index (χ4v) is 4.51. The Labute approximate surface area is 198 Å². The predicted molar refractivity (Wildman–Crippen MR) is 131 cm³/mol. The molecule has 0 saturated carbocycles. The summed E-state index contributed by atoms with van der Waals surface area (Å²) in [5.41, 5.74) is 1.96. The molecule has 1 aliphatic rings. The van der Waals surface area contributed by atoms with Gasteiger partial charge in [0.15, 0.2) is 6.29 Å². The first kappa shape index (κ1) is 23.8. The summed E-state index contributed by atoms with van der Waals surface area (Å²) in [7, 11) is 4.96. The molecule has 1 fully saturated rings. The number of ether oxygens (including phenoxy) is 3. The first-order valence-corrected chi connectivity index (χ1v) is 11.4. The average Bonchev–Trinajstić information content (AvgIpc) is 2.88. The smallest absolute Gasteiger partial charge is 0.335 e. The lowest BCUT2D eigenvalue weighted by molar-refractivity contribution is -0.141. The van der Waals surface area contributed by atoms with E-state index in [-0.39, 0.29) is 24.1 Å². The van der Waals surface area contributed by atoms with Gasteiger partial charge in [0.05, 0.1) is 19.3 Å². The van der Waals surface area contributed by atoms with E-state index >= 15 is 0 Å². The van der Waals surface area contributed by atoms with Gasteiger partial charge in [-0.05, 0) is 54.8 Å². The van der Waals surface area contributed by atoms with Gasteiger partial charge in [0.2, 0.25) is 0 Å². The summed E-state index contributed by atoms with van der Waals surface area (Å²) in [6, 6.07) is 16.6. The van der Waals surface area contributed by atoms with Crippen LogP contribution in [0, 0.1) is 5.92 Å². The largest absolute Gasteiger partial charge is 0.497 e. The topological polar surface area (TPSA) is 74.9 Å². The number of methoxy groups -OCH3 is 3. The van der Waals surface area contributed by atoms with Gasteiger partial charge >= 0.3 is 5.69 Å². The molecule has 3 aromatic rings. The molecule has 180 valence electrons. The minimum atomic E-state index is -0.373. The van der Waals surface area contributed by atoms with Crippen molar-refractivity contribution in [1.29, 1.82) is 0 Å². The highest BCUT2D eigenvalue weighted by Crippen LogP contribution is 2.27. The molecule has 0 unspecified atom stereocenters. The summed E-state index contributed by atoms with van der Waals surface area (Å²) < 4.78 is 18.8. The Bertz CT molecular complexity index is 1190. The molecule has 0 radical (unpaired) electrons. The van der Waals surface area contributed by atoms with Crippen molar-refractivity contribution in [3.8, 4) is 11.4 Å². The third-order valence-electron chi connectivity index (χ3n) is 6.45. The molecule has 8 heteroatoms. The van der Waals surface area contributed by atoms with Gasteiger partial charge in [-0.25, -0.2) is 4.79 Å². The van der Waals surface area contributed by atoms with Crippen LogP contribution in [0.25, 0.3) is 5.69 Å². The molecular weight excluding hydrogens is 434 g/mol. The van der Waals surface area contributed by atoms with E-state index in [0.717, 1.165) is 42.9 Å². The van der Waals surface area contributed by atoms with Crippen molar-refractivity contribution in [2.45, 2.75) is 25.7 Å². The SMILES string of the molecule is COc1ccc(Cn2c(=O)ccn(-c3ccc(N4CCC(C(OC)OC)CC4)cc3)c2=O)cc1. The molecule has 2 heterocycles. The quantitative estimate of drug-likeness (QED) is 0.477. The van der Waals surface area contributed by atoms with E-state index in [1.807, 2.05) is 48.5 Å². The molecule has 0 spiro atoms. The van der Waals surface area contributed by atoms with E-state index in [4.69, 9.17) is 14.2 Å². The number of rotatable bonds is 8. The summed E-state index contributed by atoms with van der Waals surface area (Å²) >= 11 is 0. The second-order valence-electron chi connectivity index (χ2n) is 8.42. The van der Waals surface area contributed by atoms with E-state index in [2.05, 4.69) is 4.90 Å². The van der Waals surface area contributed by atoms with Gasteiger partial charge < -0.3 is 19.1 Å². The maximum atomic E-state index is 13.1. The van der Waals surface area contributed by atoms with Crippen molar-refractivity contribution >= 4 is 5.69 Å². The lowest BCUT2D eigenvalue weighted by Crippen LogP contribution is -2.39. The number of piperidine rings is 1. The maximum Gasteiger partial charge on any atom is 0.335 e. The second kappa shape index (κ2) is 10.7. The second-order valence-corrected chi connectivity index (χ2v) is 8.42. The van der Waals surface area contributed by atoms with Crippen LogP contribution >= 0.6 is 0 Å². The van der Waals surface area contributed by atoms with Crippen molar-refractivity contribution in [2.24, 2.45) is 5.92 Å². The molecule has 4 rings (SSSR count). The summed E-state index contributed by atoms with van der Waals surface area (Å²) in [6.07, 6.45) is 3.35. The zero-order valence-corrected chi connectivity index (χ0v) is 19.8. The fraction of sp³-hybridized carbons (Fsp3) is 0.385. The highest BCUT2D eigenvalue weighted by Gasteiger charge is 2.26. The Morgan fingerprint density at radius 1 is 0.853 bits per heavy atom. The van der Waals surface area contributed by atoms with Crippen molar-refractivity contribution in [3.05, 3.63) is 87.2 Å². The van der Waals surface area contributed by atoms with Gasteiger partial charge in [0.25, 0.3) is 5.56 Å². The van der Waals surface area contributed by atoms with Crippen LogP contribution in [0.2, 0.25) is 0 Å². The van der Waals surface area contributed by atoms with Crippen molar-refractivity contribution < 1.29 is 14.2 Å². The number of benzene rings is 2. The van der Waals surface area contributed by atoms with Crippen LogP contribution < -0.4 is 20.9 Å². The number of hydrogen-bond acceptors (Lipinski definition) is 6. The lowest BCUT2D eigenvalue weighted by atomic mass is 9.95. The predicted octanol–water partition coefficient (Wildman–Crippen LogP) is 2.89. The molecule has 0 bridgehead atoms. The third-order valence-corrected chi connectivity index (χ3v) is 6.45. The van der Waals surface area contributed by atoms with Gasteiger partial charge in [-0.1, -0.05) is 12.1 Å². The summed E-state index contributed by atoms with van der Waals surface area (Å²) in [5, 5.41) is 0. The van der Waals surface area contributed by atoms with Crippen molar-refractivity contribution in [3.63, 3.8) is 0 Å². The molecule has 0 aliphatic carbocycles. The Hall–Kier alpha value is -3.36. The maximum absolute atomic E-state index is 13.1. The molecular formula is C26H31N3O5. The van der Waals surface area contributed by atoms with Gasteiger partial charge in [0, 0.05) is 51.2 Å². The molecule has 0 atom stereocenters. The number of hydrogen-bond donors (Lipinski definition) is 0. The summed E-state index contributed by atoms with van der Waals surface area (Å²) in [5.74, 6) is 1.11. The highest BCUT2D eigenvalue weighted by molar-refractivity contribution is 5.51. The summed E-state index contributed by atoms with van der Waals surface area (Å²) in [6.45, 7) is 2.03. The van der Waals surface area contributed by atoms with Crippen LogP contribution in [-0.4, -0.2) is 49.8 Å². The normalized spacial score (nSPS) is 14.5. The van der Waals surface area contributed by atoms with Crippen LogP contribution in [0.3, 0.4) is 0 Å². The zero-order chi connectivity index (χ0) is 24.1. The van der Waals surface area contributed by atoms with Crippen LogP contribution in [-0.2, 0) is 16.0 Å². The molecule has 0 amide bonds. The minimum Gasteiger partial charge on any atom is -0.497 e. The average molecular weight is 466 g/mol. The van der Waals surface area contributed by atoms with E-state index in [1.165, 1.54) is 21.4 Å². The van der Waals surface area contributed by atoms with Gasteiger partial charge in [0.1, 0.15) is 5.75 Å². The number of anilines is 1. The Morgan fingerprint density at radius 2 is 1.47 bits per heavy atom. The monoisotopic (exact) mass is 465 g/mol. The number of nitrogens with zero attached hydrogens (tertiary/aromatic N) is 3. The van der Waals surface area contributed by atoms with E-state index in [1.54, 1.807) is 21.3 Å². The minimum absolute atomic E-state index is 0.162. The van der Waals surface area contributed by atoms with Gasteiger partial charge in [-0.3, -0.25) is 13.9 Å². The first-order valence-electron chi connectivity index (χ1n) is 11.4. The van der Waals surface area contributed by atoms with Crippen LogP contribution in [0.5, 0.6) is 5.75 Å². The standard InChI is InChI=1S/C26H31N3O5/c1-32-23-10-4-19(5-11-23)18-29-24(30)14-17-28(26(29)31)22-8-6-21(7-9-22)27-15-12-20(13-16-27)25(33-2)34-3/h4-11,14,17,20,25H,12-13,15-16,18H2,1-3H3. The summed E-state index contributed by atoms with van der Waals surface area (Å²) in [4.78, 5) is 27.9. The van der Waals surface area contributed by atoms with Crippen LogP contribution in [0.1, 0.15) is 18.4 Å². The molecule has 34 heavy (non-hydrogen) atoms. The zero-order valence-electron chi connectivity index (χ0n) is 19.8. The first-order chi connectivity index (χ1) is 16.5. The van der Waals surface area contributed by atoms with Gasteiger partial charge in [-0.15, -0.1) is 0 Å². The van der Waals surface area contributed by atoms with E-state index < -0.39 is 0 Å². The van der Waals surface area contributed by atoms with E-state index in [9.17, 15) is 9.59 Å². The Kier molecular flexibility index (Phi) is 7.49. The molecule has 1 aromatic heterocycles. The van der Waals surface area contributed by atoms with E-state index in [0.29, 0.717) is 11.6 Å². The molecule has 8 nitrogen and oxygen atoms in total. The van der Waals surface area contributed by atoms with Crippen molar-refractivity contribution in [1.82, 2.24) is 9.13 Å². The molecule has 0 N–H and O–H groups in total. The Morgan fingerprint density at radius 3 is 2.06 bits per heavy atom. The third kappa shape index (κ3) is 5.08.